The van der Waals surface area contributed by atoms with Gasteiger partial charge in [0.1, 0.15) is 0 Å². The van der Waals surface area contributed by atoms with Crippen LogP contribution in [0.4, 0.5) is 0 Å². The Morgan fingerprint density at radius 3 is 2.17 bits per heavy atom. The van der Waals surface area contributed by atoms with Crippen molar-refractivity contribution in [1.82, 2.24) is 0 Å². The molecule has 0 aromatic heterocycles. The van der Waals surface area contributed by atoms with Crippen LogP contribution in [0.25, 0.3) is 0 Å². The van der Waals surface area contributed by atoms with Crippen molar-refractivity contribution < 1.29 is 18.6 Å². The molecule has 1 heterocycles. The maximum Gasteiger partial charge on any atom is 0.154 e. The van der Waals surface area contributed by atoms with Crippen molar-refractivity contribution in [2.75, 3.05) is 11.5 Å². The van der Waals surface area contributed by atoms with Crippen LogP contribution in [0.15, 0.2) is 0 Å². The molecule has 1 atom stereocenters. The second kappa shape index (κ2) is 3.32. The van der Waals surface area contributed by atoms with Crippen molar-refractivity contribution in [3.63, 3.8) is 0 Å². The standard InChI is InChI=1S/C7H14O4S/c1-2-6(7(8)9)5-3-12(10,11)4-5/h5-9H,2-4H2,1H3. The fourth-order valence-corrected chi connectivity index (χ4v) is 3.34. The molecule has 0 spiro atoms. The Kier molecular flexibility index (Phi) is 2.75. The van der Waals surface area contributed by atoms with Crippen LogP contribution in [0, 0.1) is 11.8 Å². The lowest BCUT2D eigenvalue weighted by molar-refractivity contribution is -0.0979. The summed E-state index contributed by atoms with van der Waals surface area (Å²) in [6.07, 6.45) is -0.770. The summed E-state index contributed by atoms with van der Waals surface area (Å²) >= 11 is 0. The Balaban J connectivity index is 2.50. The molecule has 12 heavy (non-hydrogen) atoms. The molecule has 1 rings (SSSR count). The minimum Gasteiger partial charge on any atom is -0.368 e. The zero-order valence-corrected chi connectivity index (χ0v) is 7.79. The summed E-state index contributed by atoms with van der Waals surface area (Å²) in [7, 11) is -2.84. The van der Waals surface area contributed by atoms with Gasteiger partial charge in [-0.3, -0.25) is 0 Å². The van der Waals surface area contributed by atoms with E-state index in [1.165, 1.54) is 0 Å². The first-order valence-corrected chi connectivity index (χ1v) is 5.85. The molecule has 1 aliphatic heterocycles. The number of rotatable bonds is 3. The summed E-state index contributed by atoms with van der Waals surface area (Å²) in [5.41, 5.74) is 0. The second-order valence-electron chi connectivity index (χ2n) is 3.32. The Labute approximate surface area is 72.1 Å². The van der Waals surface area contributed by atoms with Crippen molar-refractivity contribution >= 4 is 9.84 Å². The molecule has 0 bridgehead atoms. The van der Waals surface area contributed by atoms with Crippen molar-refractivity contribution in [3.05, 3.63) is 0 Å². The van der Waals surface area contributed by atoms with E-state index in [2.05, 4.69) is 0 Å². The van der Waals surface area contributed by atoms with Crippen LogP contribution in [-0.2, 0) is 9.84 Å². The zero-order valence-electron chi connectivity index (χ0n) is 6.97. The maximum atomic E-state index is 10.8. The highest BCUT2D eigenvalue weighted by Crippen LogP contribution is 2.29. The van der Waals surface area contributed by atoms with E-state index in [1.54, 1.807) is 0 Å². The summed E-state index contributed by atoms with van der Waals surface area (Å²) in [6, 6.07) is 0. The van der Waals surface area contributed by atoms with E-state index in [9.17, 15) is 8.42 Å². The third-order valence-corrected chi connectivity index (χ3v) is 4.27. The SMILES string of the molecule is CCC(C(O)O)C1CS(=O)(=O)C1. The molecule has 1 unspecified atom stereocenters. The number of sulfone groups is 1. The molecule has 0 aromatic rings. The van der Waals surface area contributed by atoms with Gasteiger partial charge in [-0.1, -0.05) is 6.92 Å². The van der Waals surface area contributed by atoms with Crippen molar-refractivity contribution in [2.45, 2.75) is 19.6 Å². The summed E-state index contributed by atoms with van der Waals surface area (Å²) in [5.74, 6) is -0.111. The predicted octanol–water partition coefficient (Wildman–Crippen LogP) is -0.632. The molecule has 72 valence electrons. The average Bonchev–Trinajstić information content (AvgIpc) is 1.84. The van der Waals surface area contributed by atoms with Crippen LogP contribution in [0.2, 0.25) is 0 Å². The first-order valence-electron chi connectivity index (χ1n) is 4.03. The van der Waals surface area contributed by atoms with Crippen molar-refractivity contribution in [2.24, 2.45) is 11.8 Å². The Morgan fingerprint density at radius 2 is 1.92 bits per heavy atom. The van der Waals surface area contributed by atoms with Crippen LogP contribution < -0.4 is 0 Å². The fraction of sp³-hybridized carbons (Fsp3) is 1.00. The van der Waals surface area contributed by atoms with Gasteiger partial charge >= 0.3 is 0 Å². The van der Waals surface area contributed by atoms with Crippen LogP contribution in [0.1, 0.15) is 13.3 Å². The molecule has 0 radical (unpaired) electrons. The number of aliphatic hydroxyl groups is 2. The Hall–Kier alpha value is -0.130. The minimum atomic E-state index is -2.84. The van der Waals surface area contributed by atoms with Gasteiger partial charge in [0.25, 0.3) is 0 Å². The topological polar surface area (TPSA) is 74.6 Å². The van der Waals surface area contributed by atoms with E-state index in [0.29, 0.717) is 6.42 Å². The van der Waals surface area contributed by atoms with Crippen LogP contribution in [0.3, 0.4) is 0 Å². The number of hydrogen-bond donors (Lipinski definition) is 2. The Morgan fingerprint density at radius 1 is 1.42 bits per heavy atom. The molecule has 1 fully saturated rings. The molecule has 0 amide bonds. The molecule has 0 aliphatic carbocycles. The van der Waals surface area contributed by atoms with E-state index >= 15 is 0 Å². The predicted molar refractivity (Wildman–Crippen MR) is 44.2 cm³/mol. The lowest BCUT2D eigenvalue weighted by Crippen LogP contribution is -2.44. The third kappa shape index (κ3) is 1.97. The molecule has 0 saturated carbocycles. The van der Waals surface area contributed by atoms with E-state index in [4.69, 9.17) is 10.2 Å². The lowest BCUT2D eigenvalue weighted by atomic mass is 9.92. The molecular formula is C7H14O4S. The van der Waals surface area contributed by atoms with Gasteiger partial charge in [-0.05, 0) is 12.3 Å². The number of aliphatic hydroxyl groups excluding tert-OH is 1. The lowest BCUT2D eigenvalue weighted by Gasteiger charge is -2.33. The monoisotopic (exact) mass is 194 g/mol. The zero-order chi connectivity index (χ0) is 9.35. The highest BCUT2D eigenvalue weighted by Gasteiger charge is 2.40. The van der Waals surface area contributed by atoms with E-state index < -0.39 is 16.1 Å². The average molecular weight is 194 g/mol. The highest BCUT2D eigenvalue weighted by molar-refractivity contribution is 7.92. The molecule has 5 heteroatoms. The molecule has 2 N–H and O–H groups in total. The first kappa shape index (κ1) is 9.95. The van der Waals surface area contributed by atoms with Gasteiger partial charge in [0.2, 0.25) is 0 Å². The quantitative estimate of drug-likeness (QED) is 0.586. The van der Waals surface area contributed by atoms with Gasteiger partial charge in [-0.2, -0.15) is 0 Å². The Bertz CT molecular complexity index is 232. The van der Waals surface area contributed by atoms with Crippen LogP contribution in [0.5, 0.6) is 0 Å². The highest BCUT2D eigenvalue weighted by atomic mass is 32.2. The summed E-state index contributed by atoms with van der Waals surface area (Å²) < 4.78 is 21.6. The summed E-state index contributed by atoms with van der Waals surface area (Å²) in [6.45, 7) is 1.83. The largest absolute Gasteiger partial charge is 0.368 e. The molecule has 1 saturated heterocycles. The first-order chi connectivity index (χ1) is 5.46. The fourth-order valence-electron chi connectivity index (χ4n) is 1.64. The summed E-state index contributed by atoms with van der Waals surface area (Å²) in [4.78, 5) is 0. The minimum absolute atomic E-state index is 0.0556. The maximum absolute atomic E-state index is 10.8. The normalized spacial score (nSPS) is 25.3. The van der Waals surface area contributed by atoms with Crippen molar-refractivity contribution in [3.8, 4) is 0 Å². The van der Waals surface area contributed by atoms with E-state index in [0.717, 1.165) is 0 Å². The van der Waals surface area contributed by atoms with E-state index in [1.807, 2.05) is 6.92 Å². The number of hydrogen-bond acceptors (Lipinski definition) is 4. The summed E-state index contributed by atoms with van der Waals surface area (Å²) in [5, 5.41) is 17.8. The van der Waals surface area contributed by atoms with Gasteiger partial charge in [0.05, 0.1) is 11.5 Å². The molecular weight excluding hydrogens is 180 g/mol. The second-order valence-corrected chi connectivity index (χ2v) is 5.48. The van der Waals surface area contributed by atoms with E-state index in [-0.39, 0.29) is 23.3 Å². The van der Waals surface area contributed by atoms with Crippen LogP contribution in [-0.4, -0.2) is 36.4 Å². The van der Waals surface area contributed by atoms with Gasteiger partial charge < -0.3 is 10.2 Å². The molecule has 0 aromatic carbocycles. The van der Waals surface area contributed by atoms with Crippen molar-refractivity contribution in [1.29, 1.82) is 0 Å². The van der Waals surface area contributed by atoms with Crippen LogP contribution >= 0.6 is 0 Å². The van der Waals surface area contributed by atoms with Gasteiger partial charge in [0.15, 0.2) is 16.1 Å². The van der Waals surface area contributed by atoms with Gasteiger partial charge in [-0.25, -0.2) is 8.42 Å². The molecule has 4 nitrogen and oxygen atoms in total. The molecule has 1 aliphatic rings. The van der Waals surface area contributed by atoms with Gasteiger partial charge in [-0.15, -0.1) is 0 Å². The smallest absolute Gasteiger partial charge is 0.154 e. The third-order valence-electron chi connectivity index (χ3n) is 2.40. The van der Waals surface area contributed by atoms with Gasteiger partial charge in [0, 0.05) is 5.92 Å².